The van der Waals surface area contributed by atoms with E-state index in [-0.39, 0.29) is 21.5 Å². The first-order chi connectivity index (χ1) is 33.7. The third-order valence-electron chi connectivity index (χ3n) is 13.8. The van der Waals surface area contributed by atoms with Gasteiger partial charge in [-0.1, -0.05) is 180 Å². The third-order valence-corrected chi connectivity index (χ3v) is 13.8. The van der Waals surface area contributed by atoms with Crippen LogP contribution in [-0.2, 0) is 42.5 Å². The maximum atomic E-state index is 6.95. The number of fused-ring (bicyclic) bond motifs is 4. The van der Waals surface area contributed by atoms with Gasteiger partial charge in [0.15, 0.2) is 0 Å². The molecule has 11 heteroatoms. The lowest BCUT2D eigenvalue weighted by Crippen LogP contribution is -2.59. The molecule has 0 N–H and O–H groups in total. The van der Waals surface area contributed by atoms with E-state index < -0.39 is 21.4 Å². The maximum Gasteiger partial charge on any atom is 0.468 e. The Morgan fingerprint density at radius 2 is 1.14 bits per heavy atom. The Balaban J connectivity index is 1.01. The molecule has 8 aromatic rings. The molecule has 2 aliphatic rings. The minimum absolute atomic E-state index is 0.0681. The molecule has 71 heavy (non-hydrogen) atoms. The molecule has 0 spiro atoms. The lowest BCUT2D eigenvalue weighted by Gasteiger charge is -2.41. The highest BCUT2D eigenvalue weighted by atomic mass is 16.7. The molecule has 0 aliphatic carbocycles. The maximum absolute atomic E-state index is 6.95. The van der Waals surface area contributed by atoms with Crippen LogP contribution in [0.4, 0.5) is 22.7 Å². The molecule has 4 heterocycles. The average molecular weight is 941 g/mol. The normalized spacial score (nSPS) is 14.8. The lowest BCUT2D eigenvalue weighted by molar-refractivity contribution is 0.107. The smallest absolute Gasteiger partial charge is 0.452 e. The van der Waals surface area contributed by atoms with Crippen LogP contribution >= 0.6 is 0 Å². The summed E-state index contributed by atoms with van der Waals surface area (Å²) in [5, 5.41) is 1.80. The Hall–Kier alpha value is -6.10. The monoisotopic (exact) mass is 941 g/mol. The average Bonchev–Trinajstić information content (AvgIpc) is 3.89. The van der Waals surface area contributed by atoms with Crippen LogP contribution < -0.4 is 15.3 Å². The fraction of sp³-hybridized carbons (Fsp3) is 0.317. The van der Waals surface area contributed by atoms with Gasteiger partial charge in [-0.25, -0.2) is 4.98 Å². The van der Waals surface area contributed by atoms with Gasteiger partial charge in [-0.3, -0.25) is 4.57 Å². The van der Waals surface area contributed by atoms with Crippen molar-refractivity contribution >= 4 is 71.4 Å². The SMILES string of the molecule is CC(C)(C)B1OB(c2cccc(-c3cc(C(C)(C)C)cc(C(C)(C)C)c3)c2N2CN(c3cccc(COCc4ccc5c6ccccc6n(-c6ccccn6)c5c4)c3)c3ccccc32)OB(C(C)(C)C)O1. The van der Waals surface area contributed by atoms with Crippen LogP contribution in [0, 0.1) is 0 Å². The van der Waals surface area contributed by atoms with Crippen molar-refractivity contribution in [1.82, 2.24) is 9.55 Å². The second kappa shape index (κ2) is 18.5. The predicted molar refractivity (Wildman–Crippen MR) is 298 cm³/mol. The predicted octanol–water partition coefficient (Wildman–Crippen LogP) is 14.7. The Kier molecular flexibility index (Phi) is 12.6. The van der Waals surface area contributed by atoms with E-state index in [4.69, 9.17) is 23.4 Å². The van der Waals surface area contributed by atoms with Gasteiger partial charge < -0.3 is 28.3 Å². The fourth-order valence-corrected chi connectivity index (χ4v) is 9.90. The van der Waals surface area contributed by atoms with Crippen LogP contribution in [0.2, 0.25) is 10.6 Å². The third kappa shape index (κ3) is 9.70. The summed E-state index contributed by atoms with van der Waals surface area (Å²) in [7, 11) is -1.68. The first kappa shape index (κ1) is 48.5. The number of hydrogen-bond donors (Lipinski definition) is 0. The van der Waals surface area contributed by atoms with E-state index in [2.05, 4.69) is 231 Å². The summed E-state index contributed by atoms with van der Waals surface area (Å²) >= 11 is 0. The van der Waals surface area contributed by atoms with Crippen molar-refractivity contribution in [2.24, 2.45) is 0 Å². The van der Waals surface area contributed by atoms with Crippen molar-refractivity contribution < 1.29 is 18.5 Å². The Labute approximate surface area is 422 Å². The van der Waals surface area contributed by atoms with Gasteiger partial charge in [-0.2, -0.15) is 0 Å². The van der Waals surface area contributed by atoms with Crippen molar-refractivity contribution in [1.29, 1.82) is 0 Å². The van der Waals surface area contributed by atoms with Gasteiger partial charge in [0.1, 0.15) is 12.5 Å². The number of anilines is 4. The van der Waals surface area contributed by atoms with Crippen molar-refractivity contribution in [3.63, 3.8) is 0 Å². The number of benzene rings is 6. The van der Waals surface area contributed by atoms with Crippen LogP contribution in [0.15, 0.2) is 152 Å². The van der Waals surface area contributed by atoms with Gasteiger partial charge in [0.05, 0.1) is 41.3 Å². The minimum atomic E-state index is -0.694. The van der Waals surface area contributed by atoms with Crippen LogP contribution in [0.3, 0.4) is 0 Å². The second-order valence-electron chi connectivity index (χ2n) is 23.7. The summed E-state index contributed by atoms with van der Waals surface area (Å²) in [6, 6.07) is 52.5. The molecule has 0 amide bonds. The first-order valence-corrected chi connectivity index (χ1v) is 25.2. The zero-order valence-corrected chi connectivity index (χ0v) is 43.7. The van der Waals surface area contributed by atoms with Crippen molar-refractivity contribution in [3.05, 3.63) is 174 Å². The number of aromatic nitrogens is 2. The molecule has 0 bridgehead atoms. The van der Waals surface area contributed by atoms with Crippen LogP contribution in [-0.4, -0.2) is 37.6 Å². The highest BCUT2D eigenvalue weighted by Gasteiger charge is 2.52. The van der Waals surface area contributed by atoms with Gasteiger partial charge in [-0.05, 0) is 97.8 Å². The Morgan fingerprint density at radius 1 is 0.535 bits per heavy atom. The van der Waals surface area contributed by atoms with E-state index in [0.29, 0.717) is 19.9 Å². The zero-order chi connectivity index (χ0) is 50.0. The number of rotatable bonds is 9. The molecule has 0 atom stereocenters. The molecule has 1 fully saturated rings. The standard InChI is InChI=1S/C60H67B3N4O4/c1-57(2,3)44-35-43(36-45(37-44)58(4,5)6)47-24-20-25-50(61-69-62(59(7,8)9)71-63(70-61)60(10,11)12)56(47)66-40-65(52-27-15-16-28-53(52)66)46-22-19-21-41(33-46)38-68-39-42-30-31-49-48-23-13-14-26-51(48)67(54(49)34-42)55-29-17-18-32-64-55/h13-37H,38-40H2,1-12H3. The summed E-state index contributed by atoms with van der Waals surface area (Å²) in [5.41, 5.74) is 14.5. The summed E-state index contributed by atoms with van der Waals surface area (Å²) in [6.45, 7) is 28.3. The van der Waals surface area contributed by atoms with Gasteiger partial charge >= 0.3 is 21.4 Å². The molecule has 360 valence electrons. The van der Waals surface area contributed by atoms with Crippen LogP contribution in [0.5, 0.6) is 0 Å². The van der Waals surface area contributed by atoms with Crippen molar-refractivity contribution in [2.75, 3.05) is 16.5 Å². The molecule has 0 unspecified atom stereocenters. The largest absolute Gasteiger partial charge is 0.468 e. The Bertz CT molecular complexity index is 3180. The zero-order valence-electron chi connectivity index (χ0n) is 43.7. The molecule has 0 radical (unpaired) electrons. The molecule has 0 saturated carbocycles. The second-order valence-corrected chi connectivity index (χ2v) is 23.7. The van der Waals surface area contributed by atoms with E-state index in [1.165, 1.54) is 27.5 Å². The quantitative estimate of drug-likeness (QED) is 0.134. The highest BCUT2D eigenvalue weighted by Crippen LogP contribution is 2.48. The number of para-hydroxylation sites is 4. The Morgan fingerprint density at radius 3 is 1.79 bits per heavy atom. The van der Waals surface area contributed by atoms with Gasteiger partial charge in [0, 0.05) is 33.7 Å². The number of pyridine rings is 1. The van der Waals surface area contributed by atoms with Crippen molar-refractivity contribution in [3.8, 4) is 16.9 Å². The summed E-state index contributed by atoms with van der Waals surface area (Å²) < 4.78 is 29.3. The molecule has 10 rings (SSSR count). The van der Waals surface area contributed by atoms with E-state index in [0.717, 1.165) is 61.8 Å². The minimum Gasteiger partial charge on any atom is -0.452 e. The van der Waals surface area contributed by atoms with E-state index >= 15 is 0 Å². The van der Waals surface area contributed by atoms with Crippen LogP contribution in [0.1, 0.15) is 105 Å². The molecule has 2 aliphatic heterocycles. The number of hydrogen-bond acceptors (Lipinski definition) is 7. The summed E-state index contributed by atoms with van der Waals surface area (Å²) in [6.07, 6.45) is 1.85. The molecule has 2 aromatic heterocycles. The van der Waals surface area contributed by atoms with Gasteiger partial charge in [0.25, 0.3) is 0 Å². The molecule has 1 saturated heterocycles. The summed E-state index contributed by atoms with van der Waals surface area (Å²) in [5.74, 6) is 0.897. The van der Waals surface area contributed by atoms with E-state index in [1.807, 2.05) is 18.3 Å². The van der Waals surface area contributed by atoms with Gasteiger partial charge in [0.2, 0.25) is 0 Å². The molecule has 8 nitrogen and oxygen atoms in total. The molecular weight excluding hydrogens is 873 g/mol. The number of nitrogens with zero attached hydrogens (tertiary/aromatic N) is 4. The highest BCUT2D eigenvalue weighted by molar-refractivity contribution is 6.81. The van der Waals surface area contributed by atoms with Crippen LogP contribution in [0.25, 0.3) is 38.8 Å². The first-order valence-electron chi connectivity index (χ1n) is 25.2. The fourth-order valence-electron chi connectivity index (χ4n) is 9.90. The van der Waals surface area contributed by atoms with Gasteiger partial charge in [-0.15, -0.1) is 0 Å². The molecular formula is C60H67B3N4O4. The lowest BCUT2D eigenvalue weighted by atomic mass is 9.50. The molecule has 6 aromatic carbocycles. The summed E-state index contributed by atoms with van der Waals surface area (Å²) in [4.78, 5) is 9.60. The number of ether oxygens (including phenoxy) is 1. The van der Waals surface area contributed by atoms with E-state index in [1.54, 1.807) is 0 Å². The van der Waals surface area contributed by atoms with Crippen molar-refractivity contribution in [2.45, 2.75) is 118 Å². The topological polar surface area (TPSA) is 61.2 Å². The van der Waals surface area contributed by atoms with E-state index in [9.17, 15) is 0 Å².